The van der Waals surface area contributed by atoms with Crippen LogP contribution < -0.4 is 0 Å². The zero-order valence-electron chi connectivity index (χ0n) is 11.7. The van der Waals surface area contributed by atoms with Gasteiger partial charge in [-0.05, 0) is 70.6 Å². The fourth-order valence-electron chi connectivity index (χ4n) is 3.35. The van der Waals surface area contributed by atoms with E-state index in [0.29, 0.717) is 6.10 Å². The van der Waals surface area contributed by atoms with Crippen molar-refractivity contribution in [3.8, 4) is 0 Å². The van der Waals surface area contributed by atoms with Gasteiger partial charge in [0.15, 0.2) is 0 Å². The van der Waals surface area contributed by atoms with Crippen molar-refractivity contribution >= 4 is 0 Å². The Morgan fingerprint density at radius 3 is 2.06 bits per heavy atom. The molecule has 2 aliphatic carbocycles. The van der Waals surface area contributed by atoms with Crippen molar-refractivity contribution in [3.63, 3.8) is 0 Å². The van der Waals surface area contributed by atoms with Gasteiger partial charge < -0.3 is 4.74 Å². The maximum atomic E-state index is 6.30. The van der Waals surface area contributed by atoms with Gasteiger partial charge in [-0.15, -0.1) is 0 Å². The zero-order valence-corrected chi connectivity index (χ0v) is 11.7. The fourth-order valence-corrected chi connectivity index (χ4v) is 3.35. The highest BCUT2D eigenvalue weighted by Crippen LogP contribution is 2.41. The van der Waals surface area contributed by atoms with E-state index < -0.39 is 0 Å². The third-order valence-corrected chi connectivity index (χ3v) is 4.71. The first kappa shape index (κ1) is 13.1. The van der Waals surface area contributed by atoms with Gasteiger partial charge in [-0.1, -0.05) is 19.1 Å². The minimum atomic E-state index is 0.0720. The SMILES string of the molecule is CCC(C)(C)OC1CC2CC/C=C/CCC2C1. The van der Waals surface area contributed by atoms with Crippen LogP contribution in [0.3, 0.4) is 0 Å². The Balaban J connectivity index is 1.89. The fraction of sp³-hybridized carbons (Fsp3) is 0.875. The molecule has 1 nitrogen and oxygen atoms in total. The Morgan fingerprint density at radius 2 is 1.59 bits per heavy atom. The number of hydrogen-bond acceptors (Lipinski definition) is 1. The molecule has 2 atom stereocenters. The van der Waals surface area contributed by atoms with Gasteiger partial charge in [0.05, 0.1) is 11.7 Å². The summed E-state index contributed by atoms with van der Waals surface area (Å²) in [5.74, 6) is 1.86. The van der Waals surface area contributed by atoms with Crippen LogP contribution in [0, 0.1) is 11.8 Å². The molecular formula is C16H28O. The summed E-state index contributed by atoms with van der Waals surface area (Å²) in [5, 5.41) is 0. The summed E-state index contributed by atoms with van der Waals surface area (Å²) in [6, 6.07) is 0. The van der Waals surface area contributed by atoms with E-state index in [1.807, 2.05) is 0 Å². The van der Waals surface area contributed by atoms with Crippen molar-refractivity contribution in [1.82, 2.24) is 0 Å². The zero-order chi connectivity index (χ0) is 12.3. The normalized spacial score (nSPS) is 36.1. The summed E-state index contributed by atoms with van der Waals surface area (Å²) in [6.45, 7) is 6.69. The maximum absolute atomic E-state index is 6.30. The predicted molar refractivity (Wildman–Crippen MR) is 73.1 cm³/mol. The standard InChI is InChI=1S/C16H28O/c1-4-16(2,3)17-15-11-13-9-7-5-6-8-10-14(13)12-15/h5-6,13-15H,4,7-12H2,1-3H3/b6-5+. The van der Waals surface area contributed by atoms with Gasteiger partial charge in [0, 0.05) is 0 Å². The van der Waals surface area contributed by atoms with Crippen molar-refractivity contribution in [2.45, 2.75) is 77.4 Å². The van der Waals surface area contributed by atoms with Crippen molar-refractivity contribution in [3.05, 3.63) is 12.2 Å². The number of fused-ring (bicyclic) bond motifs is 1. The molecule has 2 unspecified atom stereocenters. The van der Waals surface area contributed by atoms with Gasteiger partial charge >= 0.3 is 0 Å². The first-order valence-corrected chi connectivity index (χ1v) is 7.43. The van der Waals surface area contributed by atoms with Crippen LogP contribution >= 0.6 is 0 Å². The lowest BCUT2D eigenvalue weighted by Crippen LogP contribution is -2.28. The van der Waals surface area contributed by atoms with Crippen molar-refractivity contribution in [2.24, 2.45) is 11.8 Å². The molecule has 2 aliphatic rings. The van der Waals surface area contributed by atoms with E-state index in [1.165, 1.54) is 38.5 Å². The van der Waals surface area contributed by atoms with Crippen LogP contribution in [-0.4, -0.2) is 11.7 Å². The van der Waals surface area contributed by atoms with Gasteiger partial charge in [0.2, 0.25) is 0 Å². The molecule has 0 amide bonds. The number of rotatable bonds is 3. The van der Waals surface area contributed by atoms with E-state index in [-0.39, 0.29) is 5.60 Å². The quantitative estimate of drug-likeness (QED) is 0.644. The van der Waals surface area contributed by atoms with Crippen LogP contribution in [-0.2, 0) is 4.74 Å². The van der Waals surface area contributed by atoms with Crippen LogP contribution in [0.15, 0.2) is 12.2 Å². The predicted octanol–water partition coefficient (Wildman–Crippen LogP) is 4.72. The van der Waals surface area contributed by atoms with E-state index in [9.17, 15) is 0 Å². The molecule has 0 aliphatic heterocycles. The lowest BCUT2D eigenvalue weighted by Gasteiger charge is -2.28. The number of allylic oxidation sites excluding steroid dienone is 2. The highest BCUT2D eigenvalue weighted by molar-refractivity contribution is 4.93. The van der Waals surface area contributed by atoms with Gasteiger partial charge in [-0.3, -0.25) is 0 Å². The van der Waals surface area contributed by atoms with Gasteiger partial charge in [0.25, 0.3) is 0 Å². The number of hydrogen-bond donors (Lipinski definition) is 0. The Morgan fingerprint density at radius 1 is 1.06 bits per heavy atom. The molecule has 98 valence electrons. The first-order valence-electron chi connectivity index (χ1n) is 7.43. The Labute approximate surface area is 107 Å². The highest BCUT2D eigenvalue weighted by Gasteiger charge is 2.36. The molecular weight excluding hydrogens is 208 g/mol. The van der Waals surface area contributed by atoms with Crippen molar-refractivity contribution in [1.29, 1.82) is 0 Å². The van der Waals surface area contributed by atoms with Crippen LogP contribution in [0.1, 0.15) is 65.7 Å². The monoisotopic (exact) mass is 236 g/mol. The van der Waals surface area contributed by atoms with Crippen LogP contribution in [0.5, 0.6) is 0 Å². The van der Waals surface area contributed by atoms with Crippen LogP contribution in [0.4, 0.5) is 0 Å². The molecule has 0 aromatic heterocycles. The molecule has 17 heavy (non-hydrogen) atoms. The summed E-state index contributed by atoms with van der Waals surface area (Å²) in [4.78, 5) is 0. The van der Waals surface area contributed by atoms with Gasteiger partial charge in [-0.2, -0.15) is 0 Å². The highest BCUT2D eigenvalue weighted by atomic mass is 16.5. The van der Waals surface area contributed by atoms with Crippen LogP contribution in [0.2, 0.25) is 0 Å². The van der Waals surface area contributed by atoms with Crippen molar-refractivity contribution in [2.75, 3.05) is 0 Å². The smallest absolute Gasteiger partial charge is 0.0627 e. The second-order valence-electron chi connectivity index (χ2n) is 6.47. The Bertz CT molecular complexity index is 249. The summed E-state index contributed by atoms with van der Waals surface area (Å²) in [5.41, 5.74) is 0.0720. The second kappa shape index (κ2) is 5.56. The van der Waals surface area contributed by atoms with E-state index in [0.717, 1.165) is 18.3 Å². The summed E-state index contributed by atoms with van der Waals surface area (Å²) >= 11 is 0. The minimum Gasteiger partial charge on any atom is -0.372 e. The topological polar surface area (TPSA) is 9.23 Å². The van der Waals surface area contributed by atoms with Gasteiger partial charge in [-0.25, -0.2) is 0 Å². The molecule has 1 fully saturated rings. The third kappa shape index (κ3) is 3.58. The van der Waals surface area contributed by atoms with Crippen LogP contribution in [0.25, 0.3) is 0 Å². The Kier molecular flexibility index (Phi) is 4.30. The molecule has 0 saturated heterocycles. The van der Waals surface area contributed by atoms with Gasteiger partial charge in [0.1, 0.15) is 0 Å². The summed E-state index contributed by atoms with van der Waals surface area (Å²) in [6.07, 6.45) is 14.3. The molecule has 0 bridgehead atoms. The van der Waals surface area contributed by atoms with E-state index >= 15 is 0 Å². The maximum Gasteiger partial charge on any atom is 0.0627 e. The largest absolute Gasteiger partial charge is 0.372 e. The Hall–Kier alpha value is -0.300. The van der Waals surface area contributed by atoms with E-state index in [4.69, 9.17) is 4.74 Å². The summed E-state index contributed by atoms with van der Waals surface area (Å²) in [7, 11) is 0. The van der Waals surface area contributed by atoms with E-state index in [1.54, 1.807) is 0 Å². The molecule has 1 heteroatoms. The molecule has 0 N–H and O–H groups in total. The molecule has 1 saturated carbocycles. The summed E-state index contributed by atoms with van der Waals surface area (Å²) < 4.78 is 6.30. The lowest BCUT2D eigenvalue weighted by molar-refractivity contribution is -0.0723. The second-order valence-corrected chi connectivity index (χ2v) is 6.47. The molecule has 0 aromatic carbocycles. The molecule has 0 heterocycles. The lowest BCUT2D eigenvalue weighted by atomic mass is 9.86. The minimum absolute atomic E-state index is 0.0720. The molecule has 2 rings (SSSR count). The van der Waals surface area contributed by atoms with Crippen molar-refractivity contribution < 1.29 is 4.74 Å². The average molecular weight is 236 g/mol. The average Bonchev–Trinajstić information content (AvgIpc) is 2.60. The molecule has 0 aromatic rings. The van der Waals surface area contributed by atoms with E-state index in [2.05, 4.69) is 32.9 Å². The third-order valence-electron chi connectivity index (χ3n) is 4.71. The molecule has 0 spiro atoms. The first-order chi connectivity index (χ1) is 8.11. The number of ether oxygens (including phenoxy) is 1. The molecule has 0 radical (unpaired) electrons.